The van der Waals surface area contributed by atoms with Crippen molar-refractivity contribution in [2.45, 2.75) is 96.1 Å². The number of alkyl halides is 2. The number of hydrogen-bond donors (Lipinski definition) is 2. The SMILES string of the molecule is CCOC(Cc1ccc(OCCN(CCCCCC(C)(F)F)C(=O)NC2CCCCC2)cc1)C(=O)O. The number of benzene rings is 1. The minimum Gasteiger partial charge on any atom is -0.492 e. The van der Waals surface area contributed by atoms with Crippen LogP contribution < -0.4 is 10.1 Å². The van der Waals surface area contributed by atoms with Gasteiger partial charge in [0.25, 0.3) is 0 Å². The molecular weight excluding hydrogens is 470 g/mol. The average molecular weight is 513 g/mol. The largest absolute Gasteiger partial charge is 0.492 e. The smallest absolute Gasteiger partial charge is 0.333 e. The topological polar surface area (TPSA) is 88.1 Å². The predicted molar refractivity (Wildman–Crippen MR) is 135 cm³/mol. The molecule has 0 radical (unpaired) electrons. The third-order valence-electron chi connectivity index (χ3n) is 6.38. The monoisotopic (exact) mass is 512 g/mol. The van der Waals surface area contributed by atoms with Gasteiger partial charge in [0.15, 0.2) is 6.10 Å². The lowest BCUT2D eigenvalue weighted by Gasteiger charge is -2.28. The van der Waals surface area contributed by atoms with E-state index in [1.807, 2.05) is 0 Å². The maximum absolute atomic E-state index is 13.1. The number of halogens is 2. The van der Waals surface area contributed by atoms with Crippen LogP contribution >= 0.6 is 0 Å². The van der Waals surface area contributed by atoms with Crippen LogP contribution in [0.3, 0.4) is 0 Å². The number of carboxylic acid groups (broad SMARTS) is 1. The van der Waals surface area contributed by atoms with E-state index in [1.165, 1.54) is 6.42 Å². The molecule has 1 fully saturated rings. The number of nitrogens with zero attached hydrogens (tertiary/aromatic N) is 1. The number of hydrogen-bond acceptors (Lipinski definition) is 4. The maximum atomic E-state index is 13.1. The summed E-state index contributed by atoms with van der Waals surface area (Å²) in [4.78, 5) is 25.9. The minimum atomic E-state index is -2.65. The third kappa shape index (κ3) is 12.0. The number of rotatable bonds is 16. The van der Waals surface area contributed by atoms with E-state index in [0.717, 1.165) is 38.2 Å². The van der Waals surface area contributed by atoms with Crippen LogP contribution in [0.2, 0.25) is 0 Å². The van der Waals surface area contributed by atoms with E-state index in [0.29, 0.717) is 51.3 Å². The third-order valence-corrected chi connectivity index (χ3v) is 6.38. The first-order chi connectivity index (χ1) is 17.2. The quantitative estimate of drug-likeness (QED) is 0.279. The van der Waals surface area contributed by atoms with Crippen molar-refractivity contribution in [1.29, 1.82) is 0 Å². The van der Waals surface area contributed by atoms with E-state index < -0.39 is 18.0 Å². The number of ether oxygens (including phenoxy) is 2. The molecule has 7 nitrogen and oxygen atoms in total. The van der Waals surface area contributed by atoms with Crippen LogP contribution in [0.15, 0.2) is 24.3 Å². The molecule has 0 bridgehead atoms. The van der Waals surface area contributed by atoms with E-state index in [4.69, 9.17) is 9.47 Å². The highest BCUT2D eigenvalue weighted by atomic mass is 19.3. The first-order valence-corrected chi connectivity index (χ1v) is 13.2. The molecule has 36 heavy (non-hydrogen) atoms. The van der Waals surface area contributed by atoms with Crippen molar-refractivity contribution in [3.8, 4) is 5.75 Å². The first kappa shape index (κ1) is 29.8. The number of aliphatic carboxylic acids is 1. The normalized spacial score (nSPS) is 15.3. The summed E-state index contributed by atoms with van der Waals surface area (Å²) in [6, 6.07) is 7.22. The van der Waals surface area contributed by atoms with E-state index in [2.05, 4.69) is 5.32 Å². The lowest BCUT2D eigenvalue weighted by Crippen LogP contribution is -2.47. The molecule has 1 aromatic rings. The lowest BCUT2D eigenvalue weighted by molar-refractivity contribution is -0.149. The summed E-state index contributed by atoms with van der Waals surface area (Å²) < 4.78 is 37.2. The molecule has 0 aromatic heterocycles. The van der Waals surface area contributed by atoms with Gasteiger partial charge in [-0.15, -0.1) is 0 Å². The fourth-order valence-corrected chi connectivity index (χ4v) is 4.37. The molecule has 2 N–H and O–H groups in total. The average Bonchev–Trinajstić information content (AvgIpc) is 2.83. The Morgan fingerprint density at radius 2 is 1.81 bits per heavy atom. The van der Waals surface area contributed by atoms with Crippen molar-refractivity contribution in [3.05, 3.63) is 29.8 Å². The lowest BCUT2D eigenvalue weighted by atomic mass is 9.96. The van der Waals surface area contributed by atoms with Gasteiger partial charge in [-0.3, -0.25) is 0 Å². The molecular formula is C27H42F2N2O5. The summed E-state index contributed by atoms with van der Waals surface area (Å²) in [5, 5.41) is 12.4. The minimum absolute atomic E-state index is 0.127. The standard InChI is InChI=1S/C27H42F2N2O5/c1-3-35-24(25(32)33)20-21-12-14-23(15-13-21)36-19-18-31(17-9-5-8-16-27(2,28)29)26(34)30-22-10-6-4-7-11-22/h12-15,22,24H,3-11,16-20H2,1-2H3,(H,30,34)(H,32,33). The number of carbonyl (C=O) groups excluding carboxylic acids is 1. The number of carbonyl (C=O) groups is 2. The second-order valence-electron chi connectivity index (χ2n) is 9.63. The van der Waals surface area contributed by atoms with Crippen LogP contribution in [0.1, 0.15) is 77.2 Å². The van der Waals surface area contributed by atoms with E-state index in [-0.39, 0.29) is 24.9 Å². The first-order valence-electron chi connectivity index (χ1n) is 13.2. The Bertz CT molecular complexity index is 779. The van der Waals surface area contributed by atoms with Crippen LogP contribution in [0.4, 0.5) is 13.6 Å². The van der Waals surface area contributed by atoms with Gasteiger partial charge in [-0.1, -0.05) is 37.8 Å². The number of nitrogens with one attached hydrogen (secondary N) is 1. The summed E-state index contributed by atoms with van der Waals surface area (Å²) in [5.41, 5.74) is 0.828. The van der Waals surface area contributed by atoms with Gasteiger partial charge in [0.2, 0.25) is 5.92 Å². The van der Waals surface area contributed by atoms with Crippen molar-refractivity contribution >= 4 is 12.0 Å². The predicted octanol–water partition coefficient (Wildman–Crippen LogP) is 5.66. The van der Waals surface area contributed by atoms with Crippen LogP contribution in [0.5, 0.6) is 5.75 Å². The zero-order valence-electron chi connectivity index (χ0n) is 21.6. The molecule has 0 saturated heterocycles. The van der Waals surface area contributed by atoms with Crippen molar-refractivity contribution < 1.29 is 33.0 Å². The van der Waals surface area contributed by atoms with Crippen molar-refractivity contribution in [1.82, 2.24) is 10.2 Å². The highest BCUT2D eigenvalue weighted by Crippen LogP contribution is 2.21. The number of unbranched alkanes of at least 4 members (excludes halogenated alkanes) is 2. The Labute approximate surface area is 213 Å². The Hall–Kier alpha value is -2.42. The van der Waals surface area contributed by atoms with Crippen molar-refractivity contribution in [2.24, 2.45) is 0 Å². The Morgan fingerprint density at radius 3 is 2.42 bits per heavy atom. The highest BCUT2D eigenvalue weighted by Gasteiger charge is 2.22. The zero-order chi connectivity index (χ0) is 26.4. The zero-order valence-corrected chi connectivity index (χ0v) is 21.6. The summed E-state index contributed by atoms with van der Waals surface area (Å²) in [7, 11) is 0. The summed E-state index contributed by atoms with van der Waals surface area (Å²) in [6.07, 6.45) is 6.37. The molecule has 1 saturated carbocycles. The van der Waals surface area contributed by atoms with Gasteiger partial charge in [0, 0.05) is 32.0 Å². The molecule has 0 spiro atoms. The molecule has 2 rings (SSSR count). The Morgan fingerprint density at radius 1 is 1.11 bits per heavy atom. The van der Waals surface area contributed by atoms with Gasteiger partial charge in [-0.05, 0) is 57.2 Å². The van der Waals surface area contributed by atoms with E-state index in [9.17, 15) is 23.5 Å². The maximum Gasteiger partial charge on any atom is 0.333 e. The summed E-state index contributed by atoms with van der Waals surface area (Å²) in [6.45, 7) is 4.19. The molecule has 0 aliphatic heterocycles. The van der Waals surface area contributed by atoms with Gasteiger partial charge in [-0.25, -0.2) is 18.4 Å². The molecule has 0 heterocycles. The van der Waals surface area contributed by atoms with Gasteiger partial charge in [-0.2, -0.15) is 0 Å². The fraction of sp³-hybridized carbons (Fsp3) is 0.704. The van der Waals surface area contributed by atoms with Gasteiger partial charge >= 0.3 is 12.0 Å². The molecule has 1 aliphatic rings. The number of amides is 2. The molecule has 9 heteroatoms. The van der Waals surface area contributed by atoms with Gasteiger partial charge < -0.3 is 24.8 Å². The van der Waals surface area contributed by atoms with Crippen molar-refractivity contribution in [3.63, 3.8) is 0 Å². The van der Waals surface area contributed by atoms with Crippen molar-refractivity contribution in [2.75, 3.05) is 26.3 Å². The highest BCUT2D eigenvalue weighted by molar-refractivity contribution is 5.74. The second kappa shape index (κ2) is 15.6. The van der Waals surface area contributed by atoms with E-state index in [1.54, 1.807) is 36.1 Å². The fourth-order valence-electron chi connectivity index (χ4n) is 4.37. The Kier molecular flexibility index (Phi) is 12.9. The van der Waals surface area contributed by atoms with Gasteiger partial charge in [0.1, 0.15) is 12.4 Å². The van der Waals surface area contributed by atoms with Crippen LogP contribution in [-0.2, 0) is 16.0 Å². The summed E-state index contributed by atoms with van der Waals surface area (Å²) in [5.74, 6) is -3.02. The van der Waals surface area contributed by atoms with E-state index >= 15 is 0 Å². The second-order valence-corrected chi connectivity index (χ2v) is 9.63. The molecule has 2 amide bonds. The van der Waals surface area contributed by atoms with Gasteiger partial charge in [0.05, 0.1) is 6.54 Å². The molecule has 1 aromatic carbocycles. The van der Waals surface area contributed by atoms with Crippen LogP contribution in [-0.4, -0.2) is 66.4 Å². The molecule has 204 valence electrons. The van der Waals surface area contributed by atoms with Crippen LogP contribution in [0.25, 0.3) is 0 Å². The molecule has 1 aliphatic carbocycles. The van der Waals surface area contributed by atoms with Crippen LogP contribution in [0, 0.1) is 0 Å². The number of carboxylic acids is 1. The number of urea groups is 1. The molecule has 1 atom stereocenters. The molecule has 1 unspecified atom stereocenters. The Balaban J connectivity index is 1.84. The summed E-state index contributed by atoms with van der Waals surface area (Å²) >= 11 is 0.